The standard InChI is InChI=1S/C21H32O5/c1-8-19(7,26-18(6)23-9-2)10-11-20(22)15(3)14-21(17(5)16(20)4)24-12-13-25-21/h8,10-11,14,18,22H,1,9,12-13H2,2-7H3/b11-10+. The Morgan fingerprint density at radius 3 is 2.46 bits per heavy atom. The maximum atomic E-state index is 11.4. The molecular formula is C21H32O5. The topological polar surface area (TPSA) is 57.2 Å². The SMILES string of the molecule is C=CC(C)(/C=C/C1(O)C(C)=CC2(OCCO2)C(C)=C1C)OC(C)OCC. The van der Waals surface area contributed by atoms with Crippen LogP contribution in [0.2, 0.25) is 0 Å². The Balaban J connectivity index is 2.31. The molecular weight excluding hydrogens is 332 g/mol. The van der Waals surface area contributed by atoms with Crippen molar-refractivity contribution in [3.05, 3.63) is 47.6 Å². The molecule has 1 heterocycles. The van der Waals surface area contributed by atoms with Crippen molar-refractivity contribution in [1.82, 2.24) is 0 Å². The van der Waals surface area contributed by atoms with Gasteiger partial charge in [-0.05, 0) is 76.5 Å². The summed E-state index contributed by atoms with van der Waals surface area (Å²) in [6.45, 7) is 16.9. The fourth-order valence-corrected chi connectivity index (χ4v) is 3.40. The Labute approximate surface area is 157 Å². The fraction of sp³-hybridized carbons (Fsp3) is 0.619. The van der Waals surface area contributed by atoms with Crippen molar-refractivity contribution in [3.63, 3.8) is 0 Å². The number of ether oxygens (including phenoxy) is 4. The lowest BCUT2D eigenvalue weighted by Crippen LogP contribution is -2.43. The van der Waals surface area contributed by atoms with Gasteiger partial charge in [-0.25, -0.2) is 0 Å². The first-order chi connectivity index (χ1) is 12.1. The van der Waals surface area contributed by atoms with Crippen LogP contribution in [-0.2, 0) is 18.9 Å². The van der Waals surface area contributed by atoms with Crippen LogP contribution in [0.25, 0.3) is 0 Å². The van der Waals surface area contributed by atoms with E-state index in [0.717, 1.165) is 16.7 Å². The van der Waals surface area contributed by atoms with Crippen molar-refractivity contribution in [2.24, 2.45) is 0 Å². The Kier molecular flexibility index (Phi) is 6.31. The van der Waals surface area contributed by atoms with E-state index < -0.39 is 17.0 Å². The van der Waals surface area contributed by atoms with Gasteiger partial charge in [-0.15, -0.1) is 0 Å². The van der Waals surface area contributed by atoms with Crippen LogP contribution in [0.15, 0.2) is 47.6 Å². The lowest BCUT2D eigenvalue weighted by Gasteiger charge is -2.40. The van der Waals surface area contributed by atoms with Gasteiger partial charge >= 0.3 is 0 Å². The molecule has 5 nitrogen and oxygen atoms in total. The van der Waals surface area contributed by atoms with Crippen LogP contribution in [0, 0.1) is 0 Å². The first-order valence-corrected chi connectivity index (χ1v) is 9.14. The molecule has 1 spiro atoms. The van der Waals surface area contributed by atoms with Crippen molar-refractivity contribution in [2.75, 3.05) is 19.8 Å². The van der Waals surface area contributed by atoms with Gasteiger partial charge in [0.15, 0.2) is 6.29 Å². The molecule has 1 saturated heterocycles. The first-order valence-electron chi connectivity index (χ1n) is 9.14. The molecule has 1 aliphatic heterocycles. The van der Waals surface area contributed by atoms with Gasteiger partial charge in [-0.1, -0.05) is 12.7 Å². The van der Waals surface area contributed by atoms with Gasteiger partial charge in [0.1, 0.15) is 11.2 Å². The van der Waals surface area contributed by atoms with E-state index in [1.165, 1.54) is 0 Å². The van der Waals surface area contributed by atoms with Gasteiger partial charge < -0.3 is 24.1 Å². The molecule has 1 N–H and O–H groups in total. The molecule has 0 bridgehead atoms. The maximum Gasteiger partial charge on any atom is 0.211 e. The van der Waals surface area contributed by atoms with Crippen LogP contribution in [0.4, 0.5) is 0 Å². The number of aliphatic hydroxyl groups is 1. The molecule has 0 radical (unpaired) electrons. The van der Waals surface area contributed by atoms with Crippen LogP contribution in [0.1, 0.15) is 41.5 Å². The van der Waals surface area contributed by atoms with Crippen LogP contribution in [0.5, 0.6) is 0 Å². The van der Waals surface area contributed by atoms with Crippen molar-refractivity contribution < 1.29 is 24.1 Å². The minimum Gasteiger partial charge on any atom is -0.377 e. The van der Waals surface area contributed by atoms with Crippen molar-refractivity contribution >= 4 is 0 Å². The Hall–Kier alpha value is -1.24. The highest BCUT2D eigenvalue weighted by Crippen LogP contribution is 2.43. The molecule has 5 heteroatoms. The molecule has 1 aliphatic carbocycles. The van der Waals surface area contributed by atoms with Crippen molar-refractivity contribution in [3.8, 4) is 0 Å². The zero-order chi connectivity index (χ0) is 19.6. The maximum absolute atomic E-state index is 11.4. The van der Waals surface area contributed by atoms with Crippen molar-refractivity contribution in [1.29, 1.82) is 0 Å². The van der Waals surface area contributed by atoms with Crippen molar-refractivity contribution in [2.45, 2.75) is 64.8 Å². The highest BCUT2D eigenvalue weighted by molar-refractivity contribution is 5.48. The molecule has 0 aromatic heterocycles. The van der Waals surface area contributed by atoms with Gasteiger partial charge in [-0.2, -0.15) is 0 Å². The Morgan fingerprint density at radius 1 is 1.31 bits per heavy atom. The summed E-state index contributed by atoms with van der Waals surface area (Å²) in [5.74, 6) is -0.851. The summed E-state index contributed by atoms with van der Waals surface area (Å²) >= 11 is 0. The molecule has 3 atom stereocenters. The molecule has 0 amide bonds. The average Bonchev–Trinajstić information content (AvgIpc) is 3.06. The molecule has 146 valence electrons. The molecule has 26 heavy (non-hydrogen) atoms. The summed E-state index contributed by atoms with van der Waals surface area (Å²) in [6.07, 6.45) is 6.74. The highest BCUT2D eigenvalue weighted by Gasteiger charge is 2.46. The summed E-state index contributed by atoms with van der Waals surface area (Å²) in [7, 11) is 0. The molecule has 0 aromatic carbocycles. The molecule has 0 aromatic rings. The molecule has 1 fully saturated rings. The Bertz CT molecular complexity index is 626. The predicted octanol–water partition coefficient (Wildman–Crippen LogP) is 3.66. The second kappa shape index (κ2) is 7.79. The zero-order valence-corrected chi connectivity index (χ0v) is 16.8. The smallest absolute Gasteiger partial charge is 0.211 e. The quantitative estimate of drug-likeness (QED) is 0.552. The van der Waals surface area contributed by atoms with E-state index in [2.05, 4.69) is 6.58 Å². The van der Waals surface area contributed by atoms with Gasteiger partial charge in [0.05, 0.1) is 13.2 Å². The molecule has 2 aliphatic rings. The minimum atomic E-state index is -1.23. The molecule has 3 unspecified atom stereocenters. The van der Waals surface area contributed by atoms with Crippen LogP contribution < -0.4 is 0 Å². The van der Waals surface area contributed by atoms with E-state index in [0.29, 0.717) is 19.8 Å². The first kappa shape index (κ1) is 21.1. The van der Waals surface area contributed by atoms with E-state index in [9.17, 15) is 5.11 Å². The predicted molar refractivity (Wildman–Crippen MR) is 102 cm³/mol. The van der Waals surface area contributed by atoms with Crippen LogP contribution in [-0.4, -0.2) is 48.2 Å². The highest BCUT2D eigenvalue weighted by atomic mass is 16.7. The third-order valence-electron chi connectivity index (χ3n) is 5.26. The largest absolute Gasteiger partial charge is 0.377 e. The summed E-state index contributed by atoms with van der Waals surface area (Å²) in [5, 5.41) is 11.4. The van der Waals surface area contributed by atoms with E-state index >= 15 is 0 Å². The number of hydrogen-bond donors (Lipinski definition) is 1. The lowest BCUT2D eigenvalue weighted by molar-refractivity contribution is -0.164. The fourth-order valence-electron chi connectivity index (χ4n) is 3.40. The summed E-state index contributed by atoms with van der Waals surface area (Å²) in [5.41, 5.74) is 0.418. The third kappa shape index (κ3) is 3.87. The number of hydrogen-bond acceptors (Lipinski definition) is 5. The third-order valence-corrected chi connectivity index (χ3v) is 5.26. The normalized spacial score (nSPS) is 29.1. The second-order valence-corrected chi connectivity index (χ2v) is 7.07. The number of rotatable bonds is 7. The zero-order valence-electron chi connectivity index (χ0n) is 16.8. The van der Waals surface area contributed by atoms with Gasteiger partial charge in [0.25, 0.3) is 0 Å². The Morgan fingerprint density at radius 2 is 1.92 bits per heavy atom. The van der Waals surface area contributed by atoms with E-state index in [-0.39, 0.29) is 6.29 Å². The van der Waals surface area contributed by atoms with Gasteiger partial charge in [0, 0.05) is 6.61 Å². The summed E-state index contributed by atoms with van der Waals surface area (Å²) in [6, 6.07) is 0. The van der Waals surface area contributed by atoms with Crippen LogP contribution in [0.3, 0.4) is 0 Å². The van der Waals surface area contributed by atoms with Gasteiger partial charge in [0.2, 0.25) is 5.79 Å². The molecule has 2 rings (SSSR count). The summed E-state index contributed by atoms with van der Waals surface area (Å²) < 4.78 is 23.0. The monoisotopic (exact) mass is 364 g/mol. The van der Waals surface area contributed by atoms with E-state index in [4.69, 9.17) is 18.9 Å². The molecule has 0 saturated carbocycles. The summed E-state index contributed by atoms with van der Waals surface area (Å²) in [4.78, 5) is 0. The van der Waals surface area contributed by atoms with Gasteiger partial charge in [-0.3, -0.25) is 0 Å². The van der Waals surface area contributed by atoms with E-state index in [1.807, 2.05) is 53.7 Å². The second-order valence-electron chi connectivity index (χ2n) is 7.07. The van der Waals surface area contributed by atoms with E-state index in [1.54, 1.807) is 12.2 Å². The minimum absolute atomic E-state index is 0.382. The lowest BCUT2D eigenvalue weighted by atomic mass is 9.76. The van der Waals surface area contributed by atoms with Crippen LogP contribution >= 0.6 is 0 Å². The average molecular weight is 364 g/mol.